The van der Waals surface area contributed by atoms with E-state index < -0.39 is 0 Å². The average molecular weight is 478 g/mol. The number of aromatic hydroxyl groups is 3. The van der Waals surface area contributed by atoms with Crippen LogP contribution in [0.2, 0.25) is 0 Å². The molecule has 120 valence electrons. The van der Waals surface area contributed by atoms with Gasteiger partial charge < -0.3 is 21.5 Å². The molecule has 0 spiro atoms. The maximum Gasteiger partial charge on any atom is 0.115 e. The van der Waals surface area contributed by atoms with Gasteiger partial charge in [0.1, 0.15) is 17.2 Å². The third kappa shape index (κ3) is 13.3. The van der Waals surface area contributed by atoms with Crippen LogP contribution in [0.15, 0.2) is 91.0 Å². The summed E-state index contributed by atoms with van der Waals surface area (Å²) in [4.78, 5) is 0. The van der Waals surface area contributed by atoms with Crippen LogP contribution < -0.4 is 6.15 Å². The number of phenolic OH excluding ortho intramolecular Hbond substituents is 3. The first-order valence-electron chi connectivity index (χ1n) is 6.40. The fourth-order valence-electron chi connectivity index (χ4n) is 1.28. The zero-order valence-electron chi connectivity index (χ0n) is 12.7. The number of rotatable bonds is 0. The van der Waals surface area contributed by atoms with Gasteiger partial charge in [-0.1, -0.05) is 54.6 Å². The second kappa shape index (κ2) is 14.8. The molecule has 0 unspecified atom stereocenters. The van der Waals surface area contributed by atoms with Crippen LogP contribution in [0.3, 0.4) is 0 Å². The van der Waals surface area contributed by atoms with Crippen molar-refractivity contribution >= 4 is 0 Å². The Labute approximate surface area is 155 Å². The molecule has 0 aromatic heterocycles. The van der Waals surface area contributed by atoms with Crippen molar-refractivity contribution in [2.45, 2.75) is 0 Å². The maximum absolute atomic E-state index is 8.63. The molecule has 0 bridgehead atoms. The van der Waals surface area contributed by atoms with Gasteiger partial charge >= 0.3 is 0 Å². The van der Waals surface area contributed by atoms with Gasteiger partial charge in [-0.2, -0.15) is 0 Å². The SMILES string of the molecule is N.Oc1ccccc1.Oc1ccccc1.Oc1ccccc1.[Hf]. The molecule has 3 rings (SSSR count). The Morgan fingerprint density at radius 1 is 0.391 bits per heavy atom. The van der Waals surface area contributed by atoms with Gasteiger partial charge in [0.2, 0.25) is 0 Å². The van der Waals surface area contributed by atoms with Gasteiger partial charge in [0, 0.05) is 25.8 Å². The summed E-state index contributed by atoms with van der Waals surface area (Å²) in [5.41, 5.74) is 0. The van der Waals surface area contributed by atoms with Crippen molar-refractivity contribution in [2.24, 2.45) is 0 Å². The van der Waals surface area contributed by atoms with E-state index in [-0.39, 0.29) is 32.0 Å². The molecule has 0 saturated carbocycles. The molecule has 0 radical (unpaired) electrons. The van der Waals surface area contributed by atoms with Crippen LogP contribution in [0.5, 0.6) is 17.2 Å². The van der Waals surface area contributed by atoms with Crippen molar-refractivity contribution in [1.29, 1.82) is 0 Å². The summed E-state index contributed by atoms with van der Waals surface area (Å²) in [7, 11) is 0. The molecular weight excluding hydrogens is 457 g/mol. The summed E-state index contributed by atoms with van der Waals surface area (Å²) in [6.45, 7) is 0. The molecule has 0 aliphatic carbocycles. The first-order valence-corrected chi connectivity index (χ1v) is 6.40. The van der Waals surface area contributed by atoms with Gasteiger partial charge in [0.25, 0.3) is 0 Å². The predicted octanol–water partition coefficient (Wildman–Crippen LogP) is 4.34. The molecule has 5 heteroatoms. The zero-order valence-corrected chi connectivity index (χ0v) is 16.3. The van der Waals surface area contributed by atoms with E-state index in [0.29, 0.717) is 17.2 Å². The van der Waals surface area contributed by atoms with Crippen LogP contribution in [0, 0.1) is 0 Å². The quantitative estimate of drug-likeness (QED) is 0.362. The fourth-order valence-corrected chi connectivity index (χ4v) is 1.28. The minimum Gasteiger partial charge on any atom is -0.508 e. The van der Waals surface area contributed by atoms with Crippen LogP contribution >= 0.6 is 0 Å². The molecule has 0 saturated heterocycles. The Morgan fingerprint density at radius 2 is 0.565 bits per heavy atom. The molecule has 4 nitrogen and oxygen atoms in total. The Morgan fingerprint density at radius 3 is 0.652 bits per heavy atom. The topological polar surface area (TPSA) is 95.7 Å². The summed E-state index contributed by atoms with van der Waals surface area (Å²) in [5.74, 6) is 0.965. The minimum atomic E-state index is 0. The first kappa shape index (κ1) is 23.2. The summed E-state index contributed by atoms with van der Waals surface area (Å²) in [6.07, 6.45) is 0. The zero-order chi connectivity index (χ0) is 15.3. The first-order chi connectivity index (χ1) is 10.2. The second-order valence-electron chi connectivity index (χ2n) is 4.01. The van der Waals surface area contributed by atoms with E-state index in [9.17, 15) is 0 Å². The third-order valence-electron chi connectivity index (χ3n) is 2.27. The normalized spacial score (nSPS) is 7.83. The van der Waals surface area contributed by atoms with Gasteiger partial charge in [0.05, 0.1) is 0 Å². The Balaban J connectivity index is 0. The molecule has 3 aromatic rings. The van der Waals surface area contributed by atoms with E-state index in [4.69, 9.17) is 15.3 Å². The summed E-state index contributed by atoms with van der Waals surface area (Å²) >= 11 is 0. The predicted molar refractivity (Wildman–Crippen MR) is 89.3 cm³/mol. The Bertz CT molecular complexity index is 503. The van der Waals surface area contributed by atoms with Crippen molar-refractivity contribution < 1.29 is 41.2 Å². The van der Waals surface area contributed by atoms with E-state index in [1.54, 1.807) is 72.8 Å². The largest absolute Gasteiger partial charge is 0.508 e. The number of hydrogen-bond donors (Lipinski definition) is 4. The average Bonchev–Trinajstić information content (AvgIpc) is 2.51. The van der Waals surface area contributed by atoms with E-state index >= 15 is 0 Å². The van der Waals surface area contributed by atoms with Gasteiger partial charge in [-0.3, -0.25) is 0 Å². The van der Waals surface area contributed by atoms with Crippen molar-refractivity contribution in [3.63, 3.8) is 0 Å². The molecule has 3 aromatic carbocycles. The van der Waals surface area contributed by atoms with Gasteiger partial charge in [-0.05, 0) is 36.4 Å². The number of hydrogen-bond acceptors (Lipinski definition) is 4. The van der Waals surface area contributed by atoms with Gasteiger partial charge in [-0.15, -0.1) is 0 Å². The molecule has 6 N–H and O–H groups in total. The number of phenols is 3. The van der Waals surface area contributed by atoms with E-state index in [1.807, 2.05) is 18.2 Å². The molecule has 0 aliphatic rings. The van der Waals surface area contributed by atoms with Crippen LogP contribution in [-0.4, -0.2) is 15.3 Å². The summed E-state index contributed by atoms with van der Waals surface area (Å²) in [5, 5.41) is 25.9. The van der Waals surface area contributed by atoms with Crippen molar-refractivity contribution in [2.75, 3.05) is 0 Å². The molecule has 0 aliphatic heterocycles. The van der Waals surface area contributed by atoms with Crippen molar-refractivity contribution in [1.82, 2.24) is 6.15 Å². The summed E-state index contributed by atoms with van der Waals surface area (Å²) < 4.78 is 0. The van der Waals surface area contributed by atoms with Gasteiger partial charge in [0.15, 0.2) is 0 Å². The Hall–Kier alpha value is -2.11. The van der Waals surface area contributed by atoms with Crippen LogP contribution in [-0.2, 0) is 25.8 Å². The molecule has 0 heterocycles. The Kier molecular flexibility index (Phi) is 14.9. The van der Waals surface area contributed by atoms with Crippen LogP contribution in [0.1, 0.15) is 0 Å². The van der Waals surface area contributed by atoms with Crippen molar-refractivity contribution in [3.8, 4) is 17.2 Å². The third-order valence-corrected chi connectivity index (χ3v) is 2.27. The molecule has 0 amide bonds. The van der Waals surface area contributed by atoms with Gasteiger partial charge in [-0.25, -0.2) is 0 Å². The van der Waals surface area contributed by atoms with E-state index in [0.717, 1.165) is 0 Å². The maximum atomic E-state index is 8.63. The molecular formula is C18H21HfNO3. The van der Waals surface area contributed by atoms with Crippen molar-refractivity contribution in [3.05, 3.63) is 91.0 Å². The minimum absolute atomic E-state index is 0. The molecule has 0 atom stereocenters. The smallest absolute Gasteiger partial charge is 0.115 e. The van der Waals surface area contributed by atoms with E-state index in [1.165, 1.54) is 0 Å². The number of para-hydroxylation sites is 3. The monoisotopic (exact) mass is 479 g/mol. The standard InChI is InChI=1S/3C6H6O.Hf.H3N/c3*7-6-4-2-1-3-5-6;;/h3*1-5,7H;;1H3. The second-order valence-corrected chi connectivity index (χ2v) is 4.01. The van der Waals surface area contributed by atoms with Crippen LogP contribution in [0.25, 0.3) is 0 Å². The fraction of sp³-hybridized carbons (Fsp3) is 0. The number of benzene rings is 3. The molecule has 23 heavy (non-hydrogen) atoms. The summed E-state index contributed by atoms with van der Waals surface area (Å²) in [6, 6.07) is 26.1. The van der Waals surface area contributed by atoms with Crippen LogP contribution in [0.4, 0.5) is 0 Å². The molecule has 0 fully saturated rings. The van der Waals surface area contributed by atoms with E-state index in [2.05, 4.69) is 0 Å².